The van der Waals surface area contributed by atoms with Crippen LogP contribution in [0.3, 0.4) is 0 Å². The summed E-state index contributed by atoms with van der Waals surface area (Å²) in [5, 5.41) is 3.07. The van der Waals surface area contributed by atoms with Crippen molar-refractivity contribution >= 4 is 34.2 Å². The number of halogens is 2. The fourth-order valence-corrected chi connectivity index (χ4v) is 2.56. The molecule has 1 aliphatic carbocycles. The van der Waals surface area contributed by atoms with Crippen molar-refractivity contribution in [3.63, 3.8) is 0 Å². The molecule has 0 spiro atoms. The zero-order valence-electron chi connectivity index (χ0n) is 10.1. The summed E-state index contributed by atoms with van der Waals surface area (Å²) in [6.07, 6.45) is 3.98. The predicted molar refractivity (Wildman–Crippen MR) is 79.1 cm³/mol. The fraction of sp³-hybridized carbons (Fsp3) is 0.462. The Kier molecular flexibility index (Phi) is 6.12. The smallest absolute Gasteiger partial charge is 0.251 e. The zero-order chi connectivity index (χ0) is 12.3. The van der Waals surface area contributed by atoms with Gasteiger partial charge in [0.15, 0.2) is 0 Å². The second-order valence-electron chi connectivity index (χ2n) is 4.60. The number of amides is 1. The van der Waals surface area contributed by atoms with Crippen molar-refractivity contribution in [3.05, 3.63) is 34.3 Å². The molecule has 1 fully saturated rings. The first-order chi connectivity index (χ1) is 8.15. The first-order valence-corrected chi connectivity index (χ1v) is 6.76. The molecule has 1 aliphatic rings. The van der Waals surface area contributed by atoms with Crippen LogP contribution in [0.1, 0.15) is 36.0 Å². The van der Waals surface area contributed by atoms with Gasteiger partial charge in [-0.2, -0.15) is 0 Å². The molecule has 3 N–H and O–H groups in total. The minimum absolute atomic E-state index is 0. The standard InChI is InChI=1S/C13H17BrN2O.ClH/c14-10-3-1-2-9(8-10)13(17)16-12-6-4-11(15)5-7-12;/h1-3,8,11-12H,4-7,15H2,(H,16,17);1H. The minimum Gasteiger partial charge on any atom is -0.349 e. The number of carbonyl (C=O) groups excluding carboxylic acids is 1. The largest absolute Gasteiger partial charge is 0.349 e. The Bertz CT molecular complexity index is 406. The van der Waals surface area contributed by atoms with Gasteiger partial charge in [0.25, 0.3) is 5.91 Å². The normalized spacial score (nSPS) is 23.0. The van der Waals surface area contributed by atoms with Crippen LogP contribution in [-0.4, -0.2) is 18.0 Å². The van der Waals surface area contributed by atoms with Gasteiger partial charge in [0.05, 0.1) is 0 Å². The van der Waals surface area contributed by atoms with Gasteiger partial charge in [0, 0.05) is 22.1 Å². The monoisotopic (exact) mass is 332 g/mol. The lowest BCUT2D eigenvalue weighted by Crippen LogP contribution is -2.40. The van der Waals surface area contributed by atoms with Gasteiger partial charge in [-0.3, -0.25) is 4.79 Å². The molecule has 5 heteroatoms. The number of nitrogens with one attached hydrogen (secondary N) is 1. The highest BCUT2D eigenvalue weighted by molar-refractivity contribution is 9.10. The number of hydrogen-bond donors (Lipinski definition) is 2. The summed E-state index contributed by atoms with van der Waals surface area (Å²) >= 11 is 3.37. The molecule has 1 amide bonds. The summed E-state index contributed by atoms with van der Waals surface area (Å²) in [5.41, 5.74) is 6.54. The summed E-state index contributed by atoms with van der Waals surface area (Å²) in [5.74, 6) is 0.00627. The number of carbonyl (C=O) groups is 1. The van der Waals surface area contributed by atoms with Crippen LogP contribution in [0.15, 0.2) is 28.7 Å². The Morgan fingerprint density at radius 1 is 1.28 bits per heavy atom. The maximum absolute atomic E-state index is 12.0. The summed E-state index contributed by atoms with van der Waals surface area (Å²) in [6, 6.07) is 8.04. The van der Waals surface area contributed by atoms with Crippen LogP contribution < -0.4 is 11.1 Å². The number of nitrogens with two attached hydrogens (primary N) is 1. The Morgan fingerprint density at radius 2 is 1.94 bits per heavy atom. The van der Waals surface area contributed by atoms with Crippen LogP contribution in [0.25, 0.3) is 0 Å². The number of benzene rings is 1. The molecule has 0 radical (unpaired) electrons. The lowest BCUT2D eigenvalue weighted by molar-refractivity contribution is 0.0926. The molecule has 0 aliphatic heterocycles. The highest BCUT2D eigenvalue weighted by atomic mass is 79.9. The van der Waals surface area contributed by atoms with Gasteiger partial charge < -0.3 is 11.1 Å². The Balaban J connectivity index is 0.00000162. The molecule has 3 nitrogen and oxygen atoms in total. The van der Waals surface area contributed by atoms with Crippen LogP contribution in [0.5, 0.6) is 0 Å². The topological polar surface area (TPSA) is 55.1 Å². The molecule has 1 saturated carbocycles. The van der Waals surface area contributed by atoms with Gasteiger partial charge >= 0.3 is 0 Å². The van der Waals surface area contributed by atoms with Crippen molar-refractivity contribution in [1.82, 2.24) is 5.32 Å². The van der Waals surface area contributed by atoms with E-state index < -0.39 is 0 Å². The zero-order valence-corrected chi connectivity index (χ0v) is 12.5. The highest BCUT2D eigenvalue weighted by Crippen LogP contribution is 2.18. The Morgan fingerprint density at radius 3 is 2.56 bits per heavy atom. The van der Waals surface area contributed by atoms with Gasteiger partial charge in [-0.05, 0) is 43.9 Å². The van der Waals surface area contributed by atoms with Crippen molar-refractivity contribution < 1.29 is 4.79 Å². The van der Waals surface area contributed by atoms with E-state index in [1.54, 1.807) is 0 Å². The van der Waals surface area contributed by atoms with Gasteiger partial charge in [-0.15, -0.1) is 12.4 Å². The van der Waals surface area contributed by atoms with Crippen molar-refractivity contribution in [3.8, 4) is 0 Å². The minimum atomic E-state index is 0. The van der Waals surface area contributed by atoms with Crippen molar-refractivity contribution in [1.29, 1.82) is 0 Å². The molecule has 0 heterocycles. The molecule has 0 unspecified atom stereocenters. The first-order valence-electron chi connectivity index (χ1n) is 5.97. The quantitative estimate of drug-likeness (QED) is 0.874. The third-order valence-electron chi connectivity index (χ3n) is 3.19. The molecule has 1 aromatic carbocycles. The first kappa shape index (κ1) is 15.5. The van der Waals surface area contributed by atoms with E-state index in [1.807, 2.05) is 24.3 Å². The third-order valence-corrected chi connectivity index (χ3v) is 3.69. The summed E-state index contributed by atoms with van der Waals surface area (Å²) < 4.78 is 0.927. The SMILES string of the molecule is Cl.NC1CCC(NC(=O)c2cccc(Br)c2)CC1. The molecule has 0 bridgehead atoms. The Labute approximate surface area is 122 Å². The average molecular weight is 334 g/mol. The number of rotatable bonds is 2. The molecule has 1 aromatic rings. The van der Waals surface area contributed by atoms with Crippen LogP contribution in [-0.2, 0) is 0 Å². The maximum atomic E-state index is 12.0. The maximum Gasteiger partial charge on any atom is 0.251 e. The molecule has 0 atom stereocenters. The molecular formula is C13H18BrClN2O. The van der Waals surface area contributed by atoms with E-state index >= 15 is 0 Å². The molecule has 18 heavy (non-hydrogen) atoms. The molecule has 2 rings (SSSR count). The van der Waals surface area contributed by atoms with E-state index in [0.717, 1.165) is 30.2 Å². The van der Waals surface area contributed by atoms with Crippen LogP contribution >= 0.6 is 28.3 Å². The second kappa shape index (κ2) is 7.12. The van der Waals surface area contributed by atoms with Gasteiger partial charge in [-0.1, -0.05) is 22.0 Å². The summed E-state index contributed by atoms with van der Waals surface area (Å²) in [6.45, 7) is 0. The van der Waals surface area contributed by atoms with E-state index in [9.17, 15) is 4.79 Å². The summed E-state index contributed by atoms with van der Waals surface area (Å²) in [7, 11) is 0. The van der Waals surface area contributed by atoms with E-state index in [1.165, 1.54) is 0 Å². The molecule has 0 aromatic heterocycles. The molecule has 0 saturated heterocycles. The van der Waals surface area contributed by atoms with E-state index in [-0.39, 0.29) is 24.4 Å². The second-order valence-corrected chi connectivity index (χ2v) is 5.51. The van der Waals surface area contributed by atoms with Crippen molar-refractivity contribution in [2.45, 2.75) is 37.8 Å². The van der Waals surface area contributed by atoms with E-state index in [4.69, 9.17) is 5.73 Å². The predicted octanol–water partition coefficient (Wildman–Crippen LogP) is 2.87. The van der Waals surface area contributed by atoms with Crippen LogP contribution in [0, 0.1) is 0 Å². The lowest BCUT2D eigenvalue weighted by Gasteiger charge is -2.26. The van der Waals surface area contributed by atoms with Gasteiger partial charge in [0.2, 0.25) is 0 Å². The van der Waals surface area contributed by atoms with Crippen molar-refractivity contribution in [2.75, 3.05) is 0 Å². The van der Waals surface area contributed by atoms with E-state index in [2.05, 4.69) is 21.2 Å². The summed E-state index contributed by atoms with van der Waals surface area (Å²) in [4.78, 5) is 12.0. The average Bonchev–Trinajstić information content (AvgIpc) is 2.32. The van der Waals surface area contributed by atoms with Crippen molar-refractivity contribution in [2.24, 2.45) is 5.73 Å². The van der Waals surface area contributed by atoms with Crippen LogP contribution in [0.4, 0.5) is 0 Å². The molecular weight excluding hydrogens is 316 g/mol. The van der Waals surface area contributed by atoms with Crippen LogP contribution in [0.2, 0.25) is 0 Å². The van der Waals surface area contributed by atoms with E-state index in [0.29, 0.717) is 11.6 Å². The molecule has 100 valence electrons. The fourth-order valence-electron chi connectivity index (χ4n) is 2.16. The van der Waals surface area contributed by atoms with Gasteiger partial charge in [0.1, 0.15) is 0 Å². The highest BCUT2D eigenvalue weighted by Gasteiger charge is 2.20. The lowest BCUT2D eigenvalue weighted by atomic mass is 9.91. The third kappa shape index (κ3) is 4.26. The number of hydrogen-bond acceptors (Lipinski definition) is 2. The Hall–Kier alpha value is -0.580. The van der Waals surface area contributed by atoms with Gasteiger partial charge in [-0.25, -0.2) is 0 Å².